The minimum absolute atomic E-state index is 0.0454. The first-order valence-corrected chi connectivity index (χ1v) is 12.8. The molecule has 0 bridgehead atoms. The lowest BCUT2D eigenvalue weighted by atomic mass is 9.71. The highest BCUT2D eigenvalue weighted by Gasteiger charge is 2.45. The van der Waals surface area contributed by atoms with E-state index in [9.17, 15) is 23.2 Å². The highest BCUT2D eigenvalue weighted by atomic mass is 19.1. The molecule has 1 aromatic heterocycles. The molecule has 1 fully saturated rings. The minimum Gasteiger partial charge on any atom is -0.400 e. The van der Waals surface area contributed by atoms with Crippen molar-refractivity contribution in [2.24, 2.45) is 5.41 Å². The number of nitrogens with zero attached hydrogens (tertiary/aromatic N) is 1. The fourth-order valence-corrected chi connectivity index (χ4v) is 4.78. The van der Waals surface area contributed by atoms with Crippen LogP contribution in [-0.2, 0) is 13.1 Å². The van der Waals surface area contributed by atoms with Crippen LogP contribution in [0.2, 0.25) is 0 Å². The maximum absolute atomic E-state index is 14.0. The number of benzene rings is 1. The third-order valence-electron chi connectivity index (χ3n) is 7.22. The SMILES string of the molecule is CCCNC1Cn2cc(C(=O)NCc3ccc(F)cc3F)c(=O)c(C3CCC3)c2C(=O)C1(C)C.CO.CO. The van der Waals surface area contributed by atoms with E-state index in [0.717, 1.165) is 58.6 Å². The van der Waals surface area contributed by atoms with Gasteiger partial charge < -0.3 is 25.4 Å². The summed E-state index contributed by atoms with van der Waals surface area (Å²) in [4.78, 5) is 40.1. The molecular weight excluding hydrogens is 496 g/mol. The van der Waals surface area contributed by atoms with Gasteiger partial charge in [0.25, 0.3) is 5.91 Å². The number of hydrogen-bond acceptors (Lipinski definition) is 6. The highest BCUT2D eigenvalue weighted by molar-refractivity contribution is 6.02. The molecule has 1 atom stereocenters. The monoisotopic (exact) mass is 535 g/mol. The molecule has 8 nitrogen and oxygen atoms in total. The number of pyridine rings is 1. The lowest BCUT2D eigenvalue weighted by Gasteiger charge is -2.41. The van der Waals surface area contributed by atoms with E-state index in [1.807, 2.05) is 13.8 Å². The average molecular weight is 536 g/mol. The van der Waals surface area contributed by atoms with E-state index in [-0.39, 0.29) is 35.4 Å². The summed E-state index contributed by atoms with van der Waals surface area (Å²) < 4.78 is 28.9. The second-order valence-electron chi connectivity index (χ2n) is 9.89. The smallest absolute Gasteiger partial charge is 0.257 e. The van der Waals surface area contributed by atoms with Crippen molar-refractivity contribution < 1.29 is 28.6 Å². The lowest BCUT2D eigenvalue weighted by Crippen LogP contribution is -2.55. The van der Waals surface area contributed by atoms with E-state index in [2.05, 4.69) is 17.6 Å². The Labute approximate surface area is 222 Å². The summed E-state index contributed by atoms with van der Waals surface area (Å²) in [5.74, 6) is -2.25. The van der Waals surface area contributed by atoms with E-state index >= 15 is 0 Å². The summed E-state index contributed by atoms with van der Waals surface area (Å²) in [6, 6.07) is 2.98. The first-order chi connectivity index (χ1) is 18.1. The van der Waals surface area contributed by atoms with E-state index < -0.39 is 28.4 Å². The van der Waals surface area contributed by atoms with Crippen LogP contribution in [0.3, 0.4) is 0 Å². The molecular formula is C28H39F2N3O5. The number of hydrogen-bond donors (Lipinski definition) is 4. The van der Waals surface area contributed by atoms with Gasteiger partial charge >= 0.3 is 0 Å². The number of fused-ring (bicyclic) bond motifs is 1. The molecule has 38 heavy (non-hydrogen) atoms. The zero-order valence-corrected chi connectivity index (χ0v) is 22.7. The molecule has 1 unspecified atom stereocenters. The number of carbonyl (C=O) groups is 2. The second-order valence-corrected chi connectivity index (χ2v) is 9.89. The standard InChI is InChI=1S/C26H31F2N3O3.2CH4O/c1-4-10-29-20-14-31-13-18(25(34)30-12-16-8-9-17(27)11-19(16)28)23(32)21(15-6-5-7-15)22(31)24(33)26(20,2)3;2*1-2/h8-9,11,13,15,20,29H,4-7,10,12,14H2,1-3H3,(H,30,34);2*2H,1H3. The Balaban J connectivity index is 0.00000121. The minimum atomic E-state index is -0.768. The Morgan fingerprint density at radius 2 is 1.79 bits per heavy atom. The van der Waals surface area contributed by atoms with Gasteiger partial charge in [0, 0.05) is 62.2 Å². The first-order valence-electron chi connectivity index (χ1n) is 12.8. The number of amides is 1. The molecule has 10 heteroatoms. The molecule has 0 saturated heterocycles. The van der Waals surface area contributed by atoms with Crippen molar-refractivity contribution in [2.45, 2.75) is 71.5 Å². The van der Waals surface area contributed by atoms with E-state index in [4.69, 9.17) is 10.2 Å². The molecule has 2 aliphatic rings. The lowest BCUT2D eigenvalue weighted by molar-refractivity contribution is 0.0699. The van der Waals surface area contributed by atoms with Gasteiger partial charge in [-0.15, -0.1) is 0 Å². The number of halogens is 2. The number of ketones is 1. The summed E-state index contributed by atoms with van der Waals surface area (Å²) in [7, 11) is 2.00. The van der Waals surface area contributed by atoms with Crippen molar-refractivity contribution in [1.29, 1.82) is 0 Å². The van der Waals surface area contributed by atoms with Crippen molar-refractivity contribution in [1.82, 2.24) is 15.2 Å². The molecule has 1 amide bonds. The summed E-state index contributed by atoms with van der Waals surface area (Å²) in [5.41, 5.74) is -0.224. The maximum atomic E-state index is 14.0. The van der Waals surface area contributed by atoms with Gasteiger partial charge in [-0.3, -0.25) is 14.4 Å². The summed E-state index contributed by atoms with van der Waals surface area (Å²) in [6.07, 6.45) is 4.96. The van der Waals surface area contributed by atoms with Gasteiger partial charge in [0.05, 0.1) is 5.69 Å². The third kappa shape index (κ3) is 6.36. The van der Waals surface area contributed by atoms with Crippen molar-refractivity contribution in [2.75, 3.05) is 20.8 Å². The predicted octanol–water partition coefficient (Wildman–Crippen LogP) is 3.13. The molecule has 1 aromatic carbocycles. The molecule has 0 spiro atoms. The molecule has 4 rings (SSSR count). The van der Waals surface area contributed by atoms with Crippen LogP contribution in [0.5, 0.6) is 0 Å². The largest absolute Gasteiger partial charge is 0.400 e. The van der Waals surface area contributed by atoms with Crippen LogP contribution in [0.1, 0.15) is 84.3 Å². The van der Waals surface area contributed by atoms with Crippen molar-refractivity contribution >= 4 is 11.7 Å². The molecule has 4 N–H and O–H groups in total. The second kappa shape index (κ2) is 13.7. The van der Waals surface area contributed by atoms with Gasteiger partial charge in [0.2, 0.25) is 0 Å². The van der Waals surface area contributed by atoms with Crippen molar-refractivity contribution in [3.63, 3.8) is 0 Å². The van der Waals surface area contributed by atoms with E-state index in [0.29, 0.717) is 17.8 Å². The third-order valence-corrected chi connectivity index (χ3v) is 7.22. The molecule has 210 valence electrons. The predicted molar refractivity (Wildman–Crippen MR) is 141 cm³/mol. The van der Waals surface area contributed by atoms with Gasteiger partial charge in [0.15, 0.2) is 11.2 Å². The van der Waals surface area contributed by atoms with Crippen LogP contribution in [-0.4, -0.2) is 53.3 Å². The average Bonchev–Trinajstić information content (AvgIpc) is 2.87. The van der Waals surface area contributed by atoms with E-state index in [1.54, 1.807) is 4.57 Å². The van der Waals surface area contributed by atoms with Crippen LogP contribution in [0.4, 0.5) is 8.78 Å². The molecule has 1 saturated carbocycles. The number of aliphatic hydroxyl groups excluding tert-OH is 2. The Bertz CT molecular complexity index is 1190. The number of Topliss-reactive ketones (excluding diaryl/α,β-unsaturated/α-hetero) is 1. The molecule has 2 aromatic rings. The molecule has 1 aliphatic heterocycles. The molecule has 1 aliphatic carbocycles. The number of rotatable bonds is 7. The van der Waals surface area contributed by atoms with Gasteiger partial charge in [-0.25, -0.2) is 8.78 Å². The Kier molecular flexibility index (Phi) is 11.3. The van der Waals surface area contributed by atoms with Gasteiger partial charge in [0.1, 0.15) is 17.2 Å². The summed E-state index contributed by atoms with van der Waals surface area (Å²) >= 11 is 0. The van der Waals surface area contributed by atoms with Crippen molar-refractivity contribution in [3.8, 4) is 0 Å². The van der Waals surface area contributed by atoms with Gasteiger partial charge in [-0.2, -0.15) is 0 Å². The van der Waals surface area contributed by atoms with Gasteiger partial charge in [-0.05, 0) is 37.8 Å². The van der Waals surface area contributed by atoms with Crippen LogP contribution in [0, 0.1) is 17.0 Å². The maximum Gasteiger partial charge on any atom is 0.257 e. The highest BCUT2D eigenvalue weighted by Crippen LogP contribution is 2.40. The summed E-state index contributed by atoms with van der Waals surface area (Å²) in [6.45, 7) is 6.89. The number of carbonyl (C=O) groups excluding carboxylic acids is 2. The fraction of sp³-hybridized carbons (Fsp3) is 0.536. The summed E-state index contributed by atoms with van der Waals surface area (Å²) in [5, 5.41) is 20.0. The van der Waals surface area contributed by atoms with Crippen molar-refractivity contribution in [3.05, 3.63) is 68.6 Å². The van der Waals surface area contributed by atoms with Crippen LogP contribution >= 0.6 is 0 Å². The number of aliphatic hydroxyl groups is 2. The first kappa shape index (κ1) is 31.3. The zero-order chi connectivity index (χ0) is 28.6. The Hall–Kier alpha value is -2.95. The molecule has 2 heterocycles. The van der Waals surface area contributed by atoms with Crippen LogP contribution < -0.4 is 16.1 Å². The van der Waals surface area contributed by atoms with Gasteiger partial charge in [-0.1, -0.05) is 33.3 Å². The normalized spacial score (nSPS) is 17.7. The quantitative estimate of drug-likeness (QED) is 0.432. The van der Waals surface area contributed by atoms with Crippen LogP contribution in [0.15, 0.2) is 29.2 Å². The number of aromatic nitrogens is 1. The van der Waals surface area contributed by atoms with Crippen LogP contribution in [0.25, 0.3) is 0 Å². The zero-order valence-electron chi connectivity index (χ0n) is 22.7. The fourth-order valence-electron chi connectivity index (χ4n) is 4.78. The molecule has 0 radical (unpaired) electrons. The topological polar surface area (TPSA) is 121 Å². The van der Waals surface area contributed by atoms with E-state index in [1.165, 1.54) is 12.3 Å². The Morgan fingerprint density at radius 3 is 2.34 bits per heavy atom. The Morgan fingerprint density at radius 1 is 1.13 bits per heavy atom. The number of nitrogens with one attached hydrogen (secondary N) is 2.